The molecular formula is C15H16FNO. The van der Waals surface area contributed by atoms with Gasteiger partial charge in [0.2, 0.25) is 0 Å². The molecule has 1 atom stereocenters. The highest BCUT2D eigenvalue weighted by Crippen LogP contribution is 2.32. The second-order valence-electron chi connectivity index (χ2n) is 4.24. The molecule has 0 bridgehead atoms. The summed E-state index contributed by atoms with van der Waals surface area (Å²) in [7, 11) is 1.86. The van der Waals surface area contributed by atoms with Crippen molar-refractivity contribution in [1.82, 2.24) is 0 Å². The number of nitrogens with zero attached hydrogens (tertiary/aromatic N) is 1. The van der Waals surface area contributed by atoms with Gasteiger partial charge < -0.3 is 10.0 Å². The second kappa shape index (κ2) is 5.19. The van der Waals surface area contributed by atoms with E-state index in [2.05, 4.69) is 0 Å². The number of para-hydroxylation sites is 1. The van der Waals surface area contributed by atoms with Crippen LogP contribution in [0.25, 0.3) is 0 Å². The van der Waals surface area contributed by atoms with Crippen LogP contribution in [0.2, 0.25) is 0 Å². The maximum Gasteiger partial charge on any atom is 0.131 e. The summed E-state index contributed by atoms with van der Waals surface area (Å²) in [6.45, 7) is 1.57. The molecule has 0 aliphatic heterocycles. The van der Waals surface area contributed by atoms with Crippen LogP contribution in [-0.2, 0) is 0 Å². The van der Waals surface area contributed by atoms with Crippen molar-refractivity contribution in [2.75, 3.05) is 11.9 Å². The normalized spacial score (nSPS) is 12.2. The first kappa shape index (κ1) is 12.6. The molecule has 0 aromatic heterocycles. The van der Waals surface area contributed by atoms with Crippen LogP contribution >= 0.6 is 0 Å². The van der Waals surface area contributed by atoms with Crippen LogP contribution in [0.5, 0.6) is 0 Å². The molecular weight excluding hydrogens is 229 g/mol. The van der Waals surface area contributed by atoms with E-state index in [9.17, 15) is 9.50 Å². The highest BCUT2D eigenvalue weighted by molar-refractivity contribution is 5.66. The second-order valence-corrected chi connectivity index (χ2v) is 4.24. The zero-order chi connectivity index (χ0) is 13.1. The van der Waals surface area contributed by atoms with Crippen molar-refractivity contribution in [1.29, 1.82) is 0 Å². The minimum absolute atomic E-state index is 0.323. The third-order valence-corrected chi connectivity index (χ3v) is 2.95. The van der Waals surface area contributed by atoms with Crippen LogP contribution in [0.1, 0.15) is 18.6 Å². The van der Waals surface area contributed by atoms with Crippen molar-refractivity contribution in [3.8, 4) is 0 Å². The smallest absolute Gasteiger partial charge is 0.131 e. The van der Waals surface area contributed by atoms with Gasteiger partial charge in [-0.3, -0.25) is 0 Å². The lowest BCUT2D eigenvalue weighted by atomic mass is 10.1. The van der Waals surface area contributed by atoms with E-state index in [1.807, 2.05) is 42.3 Å². The molecule has 0 heterocycles. The van der Waals surface area contributed by atoms with Gasteiger partial charge in [0.25, 0.3) is 0 Å². The molecule has 0 aliphatic carbocycles. The van der Waals surface area contributed by atoms with Crippen molar-refractivity contribution in [3.05, 3.63) is 59.9 Å². The Morgan fingerprint density at radius 1 is 1.06 bits per heavy atom. The van der Waals surface area contributed by atoms with Gasteiger partial charge in [-0.2, -0.15) is 0 Å². The molecule has 2 nitrogen and oxygen atoms in total. The molecule has 2 aromatic rings. The van der Waals surface area contributed by atoms with Gasteiger partial charge in [-0.05, 0) is 31.2 Å². The topological polar surface area (TPSA) is 23.5 Å². The van der Waals surface area contributed by atoms with Gasteiger partial charge in [0.1, 0.15) is 5.82 Å². The molecule has 1 unspecified atom stereocenters. The van der Waals surface area contributed by atoms with E-state index in [0.717, 1.165) is 5.69 Å². The molecule has 94 valence electrons. The average molecular weight is 245 g/mol. The summed E-state index contributed by atoms with van der Waals surface area (Å²) in [6, 6.07) is 14.5. The minimum Gasteiger partial charge on any atom is -0.389 e. The van der Waals surface area contributed by atoms with Crippen LogP contribution in [0.4, 0.5) is 15.8 Å². The average Bonchev–Trinajstić information content (AvgIpc) is 2.38. The van der Waals surface area contributed by atoms with Gasteiger partial charge >= 0.3 is 0 Å². The molecule has 0 amide bonds. The van der Waals surface area contributed by atoms with Crippen LogP contribution in [0, 0.1) is 5.82 Å². The highest BCUT2D eigenvalue weighted by Gasteiger charge is 2.16. The Labute approximate surface area is 106 Å². The molecule has 0 spiro atoms. The van der Waals surface area contributed by atoms with Crippen molar-refractivity contribution >= 4 is 11.4 Å². The molecule has 2 aromatic carbocycles. The fourth-order valence-electron chi connectivity index (χ4n) is 2.02. The summed E-state index contributed by atoms with van der Waals surface area (Å²) in [6.07, 6.45) is -0.840. The van der Waals surface area contributed by atoms with E-state index in [0.29, 0.717) is 11.3 Å². The van der Waals surface area contributed by atoms with E-state index < -0.39 is 6.10 Å². The molecule has 0 aliphatic rings. The third-order valence-electron chi connectivity index (χ3n) is 2.95. The van der Waals surface area contributed by atoms with E-state index in [1.165, 1.54) is 6.07 Å². The quantitative estimate of drug-likeness (QED) is 0.892. The van der Waals surface area contributed by atoms with Crippen molar-refractivity contribution < 1.29 is 9.50 Å². The lowest BCUT2D eigenvalue weighted by molar-refractivity contribution is 0.194. The van der Waals surface area contributed by atoms with Crippen LogP contribution < -0.4 is 4.90 Å². The Balaban J connectivity index is 2.48. The number of anilines is 2. The lowest BCUT2D eigenvalue weighted by Gasteiger charge is -2.24. The van der Waals surface area contributed by atoms with Crippen LogP contribution in [0.15, 0.2) is 48.5 Å². The summed E-state index contributed by atoms with van der Waals surface area (Å²) >= 11 is 0. The van der Waals surface area contributed by atoms with Gasteiger partial charge in [0.05, 0.1) is 6.10 Å². The van der Waals surface area contributed by atoms with Gasteiger partial charge in [0.15, 0.2) is 0 Å². The van der Waals surface area contributed by atoms with Gasteiger partial charge in [-0.25, -0.2) is 4.39 Å². The number of halogens is 1. The Morgan fingerprint density at radius 3 is 2.33 bits per heavy atom. The maximum atomic E-state index is 13.8. The fourth-order valence-corrected chi connectivity index (χ4v) is 2.02. The number of rotatable bonds is 3. The number of hydrogen-bond acceptors (Lipinski definition) is 2. The molecule has 0 fully saturated rings. The maximum absolute atomic E-state index is 13.8. The van der Waals surface area contributed by atoms with Crippen LogP contribution in [-0.4, -0.2) is 12.2 Å². The molecule has 0 saturated carbocycles. The number of aliphatic hydroxyl groups is 1. The summed E-state index contributed by atoms with van der Waals surface area (Å²) in [4.78, 5) is 1.87. The first-order valence-electron chi connectivity index (χ1n) is 5.86. The molecule has 18 heavy (non-hydrogen) atoms. The zero-order valence-electron chi connectivity index (χ0n) is 10.5. The fraction of sp³-hybridized carbons (Fsp3) is 0.200. The Kier molecular flexibility index (Phi) is 3.63. The Bertz CT molecular complexity index is 525. The number of benzene rings is 2. The Morgan fingerprint density at radius 2 is 1.72 bits per heavy atom. The summed E-state index contributed by atoms with van der Waals surface area (Å²) < 4.78 is 13.8. The van der Waals surface area contributed by atoms with Gasteiger partial charge in [-0.1, -0.05) is 24.3 Å². The van der Waals surface area contributed by atoms with Crippen LogP contribution in [0.3, 0.4) is 0 Å². The van der Waals surface area contributed by atoms with E-state index in [-0.39, 0.29) is 5.82 Å². The predicted molar refractivity (Wildman–Crippen MR) is 71.5 cm³/mol. The SMILES string of the molecule is CC(O)c1c(F)cccc1N(C)c1ccccc1. The van der Waals surface area contributed by atoms with Gasteiger partial charge in [-0.15, -0.1) is 0 Å². The van der Waals surface area contributed by atoms with Crippen molar-refractivity contribution in [2.24, 2.45) is 0 Å². The molecule has 0 saturated heterocycles. The standard InChI is InChI=1S/C15H16FNO/c1-11(18)15-13(16)9-6-10-14(15)17(2)12-7-4-3-5-8-12/h3-11,18H,1-2H3. The predicted octanol–water partition coefficient (Wildman–Crippen LogP) is 3.65. The monoisotopic (exact) mass is 245 g/mol. The van der Waals surface area contributed by atoms with E-state index in [1.54, 1.807) is 19.1 Å². The molecule has 3 heteroatoms. The number of aliphatic hydroxyl groups excluding tert-OH is 1. The first-order valence-corrected chi connectivity index (χ1v) is 5.86. The first-order chi connectivity index (χ1) is 8.61. The summed E-state index contributed by atoms with van der Waals surface area (Å²) in [5.74, 6) is -0.384. The zero-order valence-corrected chi connectivity index (χ0v) is 10.5. The van der Waals surface area contributed by atoms with Crippen molar-refractivity contribution in [3.63, 3.8) is 0 Å². The molecule has 0 radical (unpaired) electrons. The third kappa shape index (κ3) is 2.36. The minimum atomic E-state index is -0.840. The molecule has 2 rings (SSSR count). The number of hydrogen-bond donors (Lipinski definition) is 1. The highest BCUT2D eigenvalue weighted by atomic mass is 19.1. The lowest BCUT2D eigenvalue weighted by Crippen LogP contribution is -2.13. The summed E-state index contributed by atoms with van der Waals surface area (Å²) in [5, 5.41) is 9.71. The van der Waals surface area contributed by atoms with E-state index in [4.69, 9.17) is 0 Å². The Hall–Kier alpha value is -1.87. The van der Waals surface area contributed by atoms with Gasteiger partial charge in [0, 0.05) is 24.0 Å². The molecule has 1 N–H and O–H groups in total. The summed E-state index contributed by atoms with van der Waals surface area (Å²) in [5.41, 5.74) is 1.95. The van der Waals surface area contributed by atoms with Crippen molar-refractivity contribution in [2.45, 2.75) is 13.0 Å². The largest absolute Gasteiger partial charge is 0.389 e. The van der Waals surface area contributed by atoms with E-state index >= 15 is 0 Å².